The third kappa shape index (κ3) is 10.9. The lowest BCUT2D eigenvalue weighted by Crippen LogP contribution is -2.39. The van der Waals surface area contributed by atoms with Crippen molar-refractivity contribution in [2.24, 2.45) is 4.99 Å². The van der Waals surface area contributed by atoms with Crippen LogP contribution in [0.3, 0.4) is 0 Å². The van der Waals surface area contributed by atoms with E-state index in [0.717, 1.165) is 26.1 Å². The molecule has 0 aliphatic rings. The molecule has 0 bridgehead atoms. The third-order valence-electron chi connectivity index (χ3n) is 2.84. The maximum absolute atomic E-state index is 12.1. The standard InChI is InChI=1S/C13H27F3N4/c1-4-17-12(19-10-8-13(14,15)16)18-9-7-11-20(5-2)6-3/h4-11H2,1-3H3,(H2,17,18,19). The molecule has 2 N–H and O–H groups in total. The van der Waals surface area contributed by atoms with E-state index in [4.69, 9.17) is 0 Å². The lowest BCUT2D eigenvalue weighted by atomic mass is 10.3. The zero-order chi connectivity index (χ0) is 15.4. The van der Waals surface area contributed by atoms with Gasteiger partial charge in [0.1, 0.15) is 0 Å². The molecule has 0 aliphatic carbocycles. The van der Waals surface area contributed by atoms with Crippen LogP contribution in [0.5, 0.6) is 0 Å². The number of aliphatic imine (C=N–C) groups is 1. The van der Waals surface area contributed by atoms with Crippen LogP contribution in [0.4, 0.5) is 13.2 Å². The van der Waals surface area contributed by atoms with Gasteiger partial charge in [0, 0.05) is 19.6 Å². The Labute approximate surface area is 119 Å². The van der Waals surface area contributed by atoms with Crippen molar-refractivity contribution in [1.29, 1.82) is 0 Å². The smallest absolute Gasteiger partial charge is 0.357 e. The lowest BCUT2D eigenvalue weighted by molar-refractivity contribution is -0.132. The van der Waals surface area contributed by atoms with E-state index in [-0.39, 0.29) is 6.54 Å². The minimum absolute atomic E-state index is 0.147. The number of nitrogens with zero attached hydrogens (tertiary/aromatic N) is 2. The average Bonchev–Trinajstić information content (AvgIpc) is 2.37. The molecule has 0 amide bonds. The molecule has 0 atom stereocenters. The van der Waals surface area contributed by atoms with Gasteiger partial charge < -0.3 is 15.5 Å². The molecular formula is C13H27F3N4. The predicted molar refractivity (Wildman–Crippen MR) is 77.1 cm³/mol. The van der Waals surface area contributed by atoms with Gasteiger partial charge in [-0.25, -0.2) is 0 Å². The minimum atomic E-state index is -4.13. The first-order chi connectivity index (χ1) is 9.42. The van der Waals surface area contributed by atoms with E-state index in [1.165, 1.54) is 0 Å². The molecule has 0 aromatic heterocycles. The lowest BCUT2D eigenvalue weighted by Gasteiger charge is -2.17. The number of guanidine groups is 1. The molecule has 0 heterocycles. The van der Waals surface area contributed by atoms with Crippen LogP contribution in [0, 0.1) is 0 Å². The van der Waals surface area contributed by atoms with Gasteiger partial charge in [-0.15, -0.1) is 0 Å². The molecule has 7 heteroatoms. The highest BCUT2D eigenvalue weighted by Crippen LogP contribution is 2.17. The molecule has 0 rings (SSSR count). The molecule has 0 aliphatic heterocycles. The summed E-state index contributed by atoms with van der Waals surface area (Å²) in [7, 11) is 0. The van der Waals surface area contributed by atoms with Crippen LogP contribution >= 0.6 is 0 Å². The van der Waals surface area contributed by atoms with Crippen LogP contribution in [0.1, 0.15) is 33.6 Å². The quantitative estimate of drug-likeness (QED) is 0.389. The monoisotopic (exact) mass is 296 g/mol. The molecule has 20 heavy (non-hydrogen) atoms. The number of rotatable bonds is 9. The number of halogens is 3. The van der Waals surface area contributed by atoms with Gasteiger partial charge in [-0.05, 0) is 33.0 Å². The molecule has 0 aromatic rings. The summed E-state index contributed by atoms with van der Waals surface area (Å²) in [6.45, 7) is 10.2. The first kappa shape index (κ1) is 19.0. The van der Waals surface area contributed by atoms with Gasteiger partial charge >= 0.3 is 6.18 Å². The molecular weight excluding hydrogens is 269 g/mol. The highest BCUT2D eigenvalue weighted by molar-refractivity contribution is 5.79. The number of hydrogen-bond donors (Lipinski definition) is 2. The molecule has 0 fully saturated rings. The van der Waals surface area contributed by atoms with Gasteiger partial charge in [0.15, 0.2) is 5.96 Å². The van der Waals surface area contributed by atoms with E-state index < -0.39 is 12.6 Å². The molecule has 0 spiro atoms. The summed E-state index contributed by atoms with van der Waals surface area (Å²) in [5.74, 6) is 0.455. The fourth-order valence-electron chi connectivity index (χ4n) is 1.69. The summed E-state index contributed by atoms with van der Waals surface area (Å²) in [5, 5.41) is 5.64. The Balaban J connectivity index is 4.00. The van der Waals surface area contributed by atoms with Gasteiger partial charge in [0.2, 0.25) is 0 Å². The molecule has 4 nitrogen and oxygen atoms in total. The van der Waals surface area contributed by atoms with Crippen molar-refractivity contribution >= 4 is 5.96 Å². The summed E-state index contributed by atoms with van der Waals surface area (Å²) >= 11 is 0. The second-order valence-electron chi connectivity index (χ2n) is 4.43. The predicted octanol–water partition coefficient (Wildman–Crippen LogP) is 2.23. The van der Waals surface area contributed by atoms with Gasteiger partial charge in [-0.1, -0.05) is 13.8 Å². The fourth-order valence-corrected chi connectivity index (χ4v) is 1.69. The Hall–Kier alpha value is -0.980. The van der Waals surface area contributed by atoms with Crippen LogP contribution in [0.25, 0.3) is 0 Å². The average molecular weight is 296 g/mol. The fraction of sp³-hybridized carbons (Fsp3) is 0.923. The molecule has 0 aromatic carbocycles. The highest BCUT2D eigenvalue weighted by Gasteiger charge is 2.26. The van der Waals surface area contributed by atoms with E-state index in [9.17, 15) is 13.2 Å². The van der Waals surface area contributed by atoms with Crippen molar-refractivity contribution in [2.75, 3.05) is 39.3 Å². The molecule has 0 unspecified atom stereocenters. The Morgan fingerprint density at radius 1 is 1.10 bits per heavy atom. The van der Waals surface area contributed by atoms with Crippen LogP contribution in [0.15, 0.2) is 4.99 Å². The number of hydrogen-bond acceptors (Lipinski definition) is 2. The molecule has 0 saturated carbocycles. The van der Waals surface area contributed by atoms with E-state index in [1.54, 1.807) is 0 Å². The zero-order valence-electron chi connectivity index (χ0n) is 12.7. The van der Waals surface area contributed by atoms with Crippen molar-refractivity contribution in [3.05, 3.63) is 0 Å². The second kappa shape index (κ2) is 10.8. The highest BCUT2D eigenvalue weighted by atomic mass is 19.4. The Kier molecular flexibility index (Phi) is 10.2. The summed E-state index contributed by atoms with van der Waals surface area (Å²) < 4.78 is 36.2. The maximum Gasteiger partial charge on any atom is 0.390 e. The Bertz CT molecular complexity index is 263. The Morgan fingerprint density at radius 2 is 1.75 bits per heavy atom. The summed E-state index contributed by atoms with van der Waals surface area (Å²) in [4.78, 5) is 6.57. The first-order valence-electron chi connectivity index (χ1n) is 7.24. The normalized spacial score (nSPS) is 12.8. The van der Waals surface area contributed by atoms with Crippen molar-refractivity contribution in [3.8, 4) is 0 Å². The van der Waals surface area contributed by atoms with Crippen molar-refractivity contribution in [2.45, 2.75) is 39.8 Å². The number of alkyl halides is 3. The van der Waals surface area contributed by atoms with Gasteiger partial charge in [-0.2, -0.15) is 13.2 Å². The topological polar surface area (TPSA) is 39.7 Å². The van der Waals surface area contributed by atoms with Crippen molar-refractivity contribution in [1.82, 2.24) is 15.5 Å². The summed E-state index contributed by atoms with van der Waals surface area (Å²) in [5.41, 5.74) is 0. The van der Waals surface area contributed by atoms with Gasteiger partial charge in [0.05, 0.1) is 6.42 Å². The second-order valence-corrected chi connectivity index (χ2v) is 4.43. The van der Waals surface area contributed by atoms with Crippen LogP contribution in [-0.4, -0.2) is 56.3 Å². The van der Waals surface area contributed by atoms with E-state index >= 15 is 0 Å². The van der Waals surface area contributed by atoms with Gasteiger partial charge in [0.25, 0.3) is 0 Å². The zero-order valence-corrected chi connectivity index (χ0v) is 12.7. The van der Waals surface area contributed by atoms with Crippen LogP contribution < -0.4 is 10.6 Å². The third-order valence-corrected chi connectivity index (χ3v) is 2.84. The summed E-state index contributed by atoms with van der Waals surface area (Å²) in [6, 6.07) is 0. The summed E-state index contributed by atoms with van der Waals surface area (Å²) in [6.07, 6.45) is -4.08. The SMILES string of the molecule is CCNC(=NCCCN(CC)CC)NCCC(F)(F)F. The Morgan fingerprint density at radius 3 is 2.25 bits per heavy atom. The van der Waals surface area contributed by atoms with Crippen LogP contribution in [-0.2, 0) is 0 Å². The van der Waals surface area contributed by atoms with Crippen LogP contribution in [0.2, 0.25) is 0 Å². The van der Waals surface area contributed by atoms with E-state index in [1.807, 2.05) is 6.92 Å². The van der Waals surface area contributed by atoms with E-state index in [2.05, 4.69) is 34.4 Å². The minimum Gasteiger partial charge on any atom is -0.357 e. The molecule has 120 valence electrons. The van der Waals surface area contributed by atoms with Crippen molar-refractivity contribution < 1.29 is 13.2 Å². The van der Waals surface area contributed by atoms with Crippen molar-refractivity contribution in [3.63, 3.8) is 0 Å². The van der Waals surface area contributed by atoms with Gasteiger partial charge in [-0.3, -0.25) is 4.99 Å². The first-order valence-corrected chi connectivity index (χ1v) is 7.24. The number of nitrogens with one attached hydrogen (secondary N) is 2. The molecule has 0 radical (unpaired) electrons. The largest absolute Gasteiger partial charge is 0.390 e. The molecule has 0 saturated heterocycles. The maximum atomic E-state index is 12.1. The van der Waals surface area contributed by atoms with E-state index in [0.29, 0.717) is 19.0 Å².